The van der Waals surface area contributed by atoms with Crippen molar-refractivity contribution in [2.75, 3.05) is 18.4 Å². The van der Waals surface area contributed by atoms with Crippen LogP contribution in [0.5, 0.6) is 0 Å². The van der Waals surface area contributed by atoms with Crippen molar-refractivity contribution in [3.63, 3.8) is 0 Å². The van der Waals surface area contributed by atoms with Crippen LogP contribution in [0.2, 0.25) is 0 Å². The first-order valence-electron chi connectivity index (χ1n) is 7.78. The number of carbonyl (C=O) groups is 1. The molecule has 0 saturated heterocycles. The molecule has 3 heteroatoms. The van der Waals surface area contributed by atoms with Crippen molar-refractivity contribution in [2.45, 2.75) is 53.0 Å². The number of carbonyl (C=O) groups excluding carboxylic acids is 1. The van der Waals surface area contributed by atoms with E-state index in [1.165, 1.54) is 0 Å². The number of nitrogens with zero attached hydrogens (tertiary/aromatic N) is 1. The van der Waals surface area contributed by atoms with Crippen molar-refractivity contribution in [1.82, 2.24) is 4.90 Å². The highest BCUT2D eigenvalue weighted by atomic mass is 16.2. The van der Waals surface area contributed by atoms with Crippen molar-refractivity contribution in [2.24, 2.45) is 0 Å². The van der Waals surface area contributed by atoms with Gasteiger partial charge in [-0.15, -0.1) is 0 Å². The van der Waals surface area contributed by atoms with Gasteiger partial charge >= 0.3 is 0 Å². The van der Waals surface area contributed by atoms with E-state index in [2.05, 4.69) is 33.0 Å². The fourth-order valence-corrected chi connectivity index (χ4v) is 2.17. The number of hydrogen-bond acceptors (Lipinski definition) is 2. The van der Waals surface area contributed by atoms with E-state index in [0.29, 0.717) is 6.04 Å². The Morgan fingerprint density at radius 1 is 1.20 bits per heavy atom. The Labute approximate surface area is 123 Å². The summed E-state index contributed by atoms with van der Waals surface area (Å²) < 4.78 is 0. The first-order valence-corrected chi connectivity index (χ1v) is 7.78. The highest BCUT2D eigenvalue weighted by molar-refractivity contribution is 5.94. The van der Waals surface area contributed by atoms with Crippen LogP contribution >= 0.6 is 0 Å². The summed E-state index contributed by atoms with van der Waals surface area (Å²) in [5.74, 6) is 0.149. The van der Waals surface area contributed by atoms with E-state index in [0.717, 1.165) is 43.6 Å². The summed E-state index contributed by atoms with van der Waals surface area (Å²) in [5, 5.41) is 3.25. The fraction of sp³-hybridized carbons (Fsp3) is 0.588. The van der Waals surface area contributed by atoms with Crippen molar-refractivity contribution >= 4 is 11.6 Å². The molecule has 1 aromatic carbocycles. The number of benzene rings is 1. The largest absolute Gasteiger partial charge is 0.385 e. The Bertz CT molecular complexity index is 400. The lowest BCUT2D eigenvalue weighted by molar-refractivity contribution is 0.0685. The van der Waals surface area contributed by atoms with Gasteiger partial charge < -0.3 is 10.2 Å². The molecule has 1 aromatic rings. The van der Waals surface area contributed by atoms with Gasteiger partial charge in [0.15, 0.2) is 0 Å². The lowest BCUT2D eigenvalue weighted by atomic mass is 10.1. The lowest BCUT2D eigenvalue weighted by Crippen LogP contribution is -2.39. The fourth-order valence-electron chi connectivity index (χ4n) is 2.17. The summed E-state index contributed by atoms with van der Waals surface area (Å²) in [7, 11) is 0. The molecule has 0 aliphatic carbocycles. The molecule has 0 aromatic heterocycles. The Morgan fingerprint density at radius 3 is 2.35 bits per heavy atom. The van der Waals surface area contributed by atoms with Gasteiger partial charge in [0, 0.05) is 30.4 Å². The maximum Gasteiger partial charge on any atom is 0.254 e. The highest BCUT2D eigenvalue weighted by Gasteiger charge is 2.19. The number of nitrogens with one attached hydrogen (secondary N) is 1. The molecule has 0 saturated carbocycles. The summed E-state index contributed by atoms with van der Waals surface area (Å²) in [6.07, 6.45) is 3.16. The van der Waals surface area contributed by atoms with Gasteiger partial charge in [0.25, 0.3) is 5.91 Å². The number of hydrogen-bond donors (Lipinski definition) is 1. The first kappa shape index (κ1) is 16.5. The van der Waals surface area contributed by atoms with E-state index in [1.54, 1.807) is 0 Å². The van der Waals surface area contributed by atoms with Crippen LogP contribution in [-0.4, -0.2) is 29.9 Å². The minimum Gasteiger partial charge on any atom is -0.385 e. The summed E-state index contributed by atoms with van der Waals surface area (Å²) in [5.41, 5.74) is 1.84. The van der Waals surface area contributed by atoms with Gasteiger partial charge in [-0.1, -0.05) is 20.3 Å². The van der Waals surface area contributed by atoms with E-state index in [-0.39, 0.29) is 5.91 Å². The number of amides is 1. The van der Waals surface area contributed by atoms with Gasteiger partial charge in [0.2, 0.25) is 0 Å². The standard InChI is InChI=1S/C17H28N2O/c1-5-8-13-19(14(4)6-2)17(20)15-9-11-16(12-10-15)18-7-3/h9-12,14,18H,5-8,13H2,1-4H3. The van der Waals surface area contributed by atoms with E-state index in [9.17, 15) is 4.79 Å². The van der Waals surface area contributed by atoms with Crippen molar-refractivity contribution in [3.05, 3.63) is 29.8 Å². The number of unbranched alkanes of at least 4 members (excludes halogenated alkanes) is 1. The van der Waals surface area contributed by atoms with Crippen molar-refractivity contribution < 1.29 is 4.79 Å². The average Bonchev–Trinajstić information content (AvgIpc) is 2.48. The van der Waals surface area contributed by atoms with Crippen LogP contribution in [0.1, 0.15) is 57.3 Å². The number of rotatable bonds is 8. The van der Waals surface area contributed by atoms with Crippen LogP contribution in [0.15, 0.2) is 24.3 Å². The molecule has 0 aliphatic rings. The molecule has 0 fully saturated rings. The topological polar surface area (TPSA) is 32.3 Å². The van der Waals surface area contributed by atoms with Gasteiger partial charge in [-0.3, -0.25) is 4.79 Å². The zero-order valence-electron chi connectivity index (χ0n) is 13.3. The second-order valence-corrected chi connectivity index (χ2v) is 5.22. The van der Waals surface area contributed by atoms with Crippen LogP contribution in [0, 0.1) is 0 Å². The summed E-state index contributed by atoms with van der Waals surface area (Å²) in [4.78, 5) is 14.6. The molecule has 112 valence electrons. The quantitative estimate of drug-likeness (QED) is 0.773. The third kappa shape index (κ3) is 4.55. The number of anilines is 1. The lowest BCUT2D eigenvalue weighted by Gasteiger charge is -2.28. The second-order valence-electron chi connectivity index (χ2n) is 5.22. The van der Waals surface area contributed by atoms with E-state index in [1.807, 2.05) is 29.2 Å². The molecule has 20 heavy (non-hydrogen) atoms. The first-order chi connectivity index (χ1) is 9.63. The Hall–Kier alpha value is -1.51. The zero-order valence-corrected chi connectivity index (χ0v) is 13.3. The maximum atomic E-state index is 12.6. The molecule has 3 nitrogen and oxygen atoms in total. The van der Waals surface area contributed by atoms with Crippen LogP contribution in [-0.2, 0) is 0 Å². The van der Waals surface area contributed by atoms with E-state index >= 15 is 0 Å². The zero-order chi connectivity index (χ0) is 15.0. The molecule has 0 aliphatic heterocycles. The van der Waals surface area contributed by atoms with Crippen LogP contribution in [0.3, 0.4) is 0 Å². The SMILES string of the molecule is CCCCN(C(=O)c1ccc(NCC)cc1)C(C)CC. The molecular formula is C17H28N2O. The molecular weight excluding hydrogens is 248 g/mol. The van der Waals surface area contributed by atoms with Gasteiger partial charge in [0.05, 0.1) is 0 Å². The summed E-state index contributed by atoms with van der Waals surface area (Å²) >= 11 is 0. The minimum atomic E-state index is 0.149. The normalized spacial score (nSPS) is 12.0. The summed E-state index contributed by atoms with van der Waals surface area (Å²) in [6, 6.07) is 8.09. The van der Waals surface area contributed by atoms with Crippen LogP contribution < -0.4 is 5.32 Å². The molecule has 1 rings (SSSR count). The molecule has 0 heterocycles. The third-order valence-corrected chi connectivity index (χ3v) is 3.65. The smallest absolute Gasteiger partial charge is 0.254 e. The second kappa shape index (κ2) is 8.62. The van der Waals surface area contributed by atoms with E-state index < -0.39 is 0 Å². The molecule has 1 amide bonds. The third-order valence-electron chi connectivity index (χ3n) is 3.65. The highest BCUT2D eigenvalue weighted by Crippen LogP contribution is 2.15. The Kier molecular flexibility index (Phi) is 7.13. The van der Waals surface area contributed by atoms with Gasteiger partial charge in [0.1, 0.15) is 0 Å². The average molecular weight is 276 g/mol. The molecule has 1 N–H and O–H groups in total. The minimum absolute atomic E-state index is 0.149. The van der Waals surface area contributed by atoms with E-state index in [4.69, 9.17) is 0 Å². The monoisotopic (exact) mass is 276 g/mol. The van der Waals surface area contributed by atoms with Crippen LogP contribution in [0.4, 0.5) is 5.69 Å². The van der Waals surface area contributed by atoms with Crippen molar-refractivity contribution in [1.29, 1.82) is 0 Å². The van der Waals surface area contributed by atoms with Crippen molar-refractivity contribution in [3.8, 4) is 0 Å². The maximum absolute atomic E-state index is 12.6. The Balaban J connectivity index is 2.82. The van der Waals surface area contributed by atoms with Crippen LogP contribution in [0.25, 0.3) is 0 Å². The molecule has 0 bridgehead atoms. The molecule has 0 spiro atoms. The molecule has 1 atom stereocenters. The van der Waals surface area contributed by atoms with Gasteiger partial charge in [-0.05, 0) is 51.0 Å². The molecule has 1 unspecified atom stereocenters. The van der Waals surface area contributed by atoms with Gasteiger partial charge in [-0.25, -0.2) is 0 Å². The predicted octanol–water partition coefficient (Wildman–Crippen LogP) is 4.16. The molecule has 0 radical (unpaired) electrons. The Morgan fingerprint density at radius 2 is 1.85 bits per heavy atom. The van der Waals surface area contributed by atoms with Gasteiger partial charge in [-0.2, -0.15) is 0 Å². The predicted molar refractivity (Wildman–Crippen MR) is 86.3 cm³/mol. The summed E-state index contributed by atoms with van der Waals surface area (Å²) in [6.45, 7) is 10.2.